The van der Waals surface area contributed by atoms with Gasteiger partial charge in [0.2, 0.25) is 11.9 Å². The molecule has 1 amide bonds. The molecule has 18 heavy (non-hydrogen) atoms. The Morgan fingerprint density at radius 1 is 1.44 bits per heavy atom. The van der Waals surface area contributed by atoms with Crippen molar-refractivity contribution in [3.63, 3.8) is 0 Å². The molecule has 0 unspecified atom stereocenters. The highest BCUT2D eigenvalue weighted by Gasteiger charge is 2.29. The Bertz CT molecular complexity index is 362. The average Bonchev–Trinajstić information content (AvgIpc) is 2.42. The van der Waals surface area contributed by atoms with E-state index in [0.29, 0.717) is 12.5 Å². The van der Waals surface area contributed by atoms with Crippen LogP contribution >= 0.6 is 0 Å². The van der Waals surface area contributed by atoms with Crippen LogP contribution in [0.1, 0.15) is 25.7 Å². The van der Waals surface area contributed by atoms with Crippen molar-refractivity contribution in [2.24, 2.45) is 10.9 Å². The molecule has 6 heteroatoms. The van der Waals surface area contributed by atoms with Gasteiger partial charge in [-0.2, -0.15) is 0 Å². The largest absolute Gasteiger partial charge is 0.469 e. The van der Waals surface area contributed by atoms with E-state index in [0.717, 1.165) is 25.9 Å². The maximum Gasteiger partial charge on any atom is 0.306 e. The molecule has 1 N–H and O–H groups in total. The summed E-state index contributed by atoms with van der Waals surface area (Å²) in [5.41, 5.74) is 0. The van der Waals surface area contributed by atoms with E-state index in [4.69, 9.17) is 0 Å². The molecule has 2 rings (SSSR count). The third kappa shape index (κ3) is 3.00. The van der Waals surface area contributed by atoms with Crippen molar-refractivity contribution in [1.82, 2.24) is 10.2 Å². The monoisotopic (exact) mass is 253 g/mol. The average molecular weight is 253 g/mol. The minimum Gasteiger partial charge on any atom is -0.469 e. The first-order chi connectivity index (χ1) is 8.70. The van der Waals surface area contributed by atoms with E-state index >= 15 is 0 Å². The number of hydrogen-bond acceptors (Lipinski definition) is 5. The van der Waals surface area contributed by atoms with Crippen LogP contribution in [0.5, 0.6) is 0 Å². The van der Waals surface area contributed by atoms with Gasteiger partial charge < -0.3 is 9.64 Å². The molecule has 0 aromatic rings. The number of methoxy groups -OCH3 is 1. The Morgan fingerprint density at radius 2 is 2.17 bits per heavy atom. The highest BCUT2D eigenvalue weighted by Crippen LogP contribution is 2.14. The Labute approximate surface area is 106 Å². The summed E-state index contributed by atoms with van der Waals surface area (Å²) >= 11 is 0. The maximum absolute atomic E-state index is 11.9. The van der Waals surface area contributed by atoms with Crippen molar-refractivity contribution < 1.29 is 14.3 Å². The summed E-state index contributed by atoms with van der Waals surface area (Å²) in [4.78, 5) is 29.5. The number of rotatable bonds is 2. The number of esters is 1. The molecule has 0 radical (unpaired) electrons. The van der Waals surface area contributed by atoms with Crippen molar-refractivity contribution in [1.29, 1.82) is 0 Å². The second kappa shape index (κ2) is 5.84. The lowest BCUT2D eigenvalue weighted by atomic mass is 10.0. The van der Waals surface area contributed by atoms with Crippen LogP contribution in [0, 0.1) is 5.92 Å². The highest BCUT2D eigenvalue weighted by atomic mass is 16.5. The van der Waals surface area contributed by atoms with Crippen LogP contribution in [0.4, 0.5) is 0 Å². The molecule has 2 heterocycles. The lowest BCUT2D eigenvalue weighted by Gasteiger charge is -2.32. The predicted molar refractivity (Wildman–Crippen MR) is 66.0 cm³/mol. The van der Waals surface area contributed by atoms with Gasteiger partial charge in [0, 0.05) is 13.1 Å². The van der Waals surface area contributed by atoms with Gasteiger partial charge in [0.05, 0.1) is 26.0 Å². The Morgan fingerprint density at radius 3 is 2.78 bits per heavy atom. The fourth-order valence-electron chi connectivity index (χ4n) is 2.26. The highest BCUT2D eigenvalue weighted by molar-refractivity contribution is 6.00. The molecule has 6 nitrogen and oxygen atoms in total. The summed E-state index contributed by atoms with van der Waals surface area (Å²) in [7, 11) is 1.32. The molecule has 2 aliphatic rings. The number of guanidine groups is 1. The SMILES string of the molecule is COC(=O)C[C@H]1CN=C(N2CCCCC2)NC1=O. The third-order valence-corrected chi connectivity index (χ3v) is 3.36. The lowest BCUT2D eigenvalue weighted by molar-refractivity contribution is -0.144. The Hall–Kier alpha value is -1.59. The summed E-state index contributed by atoms with van der Waals surface area (Å²) in [6.45, 7) is 2.26. The molecule has 0 aromatic heterocycles. The van der Waals surface area contributed by atoms with Crippen LogP contribution in [0.15, 0.2) is 4.99 Å². The summed E-state index contributed by atoms with van der Waals surface area (Å²) < 4.78 is 4.57. The summed E-state index contributed by atoms with van der Waals surface area (Å²) in [5.74, 6) is -0.227. The third-order valence-electron chi connectivity index (χ3n) is 3.36. The van der Waals surface area contributed by atoms with Crippen LogP contribution in [-0.2, 0) is 14.3 Å². The molecule has 1 saturated heterocycles. The number of piperidine rings is 1. The number of nitrogens with one attached hydrogen (secondary N) is 1. The normalized spacial score (nSPS) is 24.3. The summed E-state index contributed by atoms with van der Waals surface area (Å²) in [5, 5.41) is 2.79. The number of nitrogens with zero attached hydrogens (tertiary/aromatic N) is 2. The summed E-state index contributed by atoms with van der Waals surface area (Å²) in [6.07, 6.45) is 3.61. The zero-order chi connectivity index (χ0) is 13.0. The first-order valence-electron chi connectivity index (χ1n) is 6.38. The van der Waals surface area contributed by atoms with Gasteiger partial charge in [-0.25, -0.2) is 0 Å². The number of carbonyl (C=O) groups is 2. The first-order valence-corrected chi connectivity index (χ1v) is 6.38. The van der Waals surface area contributed by atoms with Gasteiger partial charge in [-0.1, -0.05) is 0 Å². The molecule has 1 atom stereocenters. The van der Waals surface area contributed by atoms with Crippen molar-refractivity contribution in [2.75, 3.05) is 26.7 Å². The number of hydrogen-bond donors (Lipinski definition) is 1. The van der Waals surface area contributed by atoms with Gasteiger partial charge in [0.1, 0.15) is 0 Å². The topological polar surface area (TPSA) is 71.0 Å². The standard InChI is InChI=1S/C12H19N3O3/c1-18-10(16)7-9-8-13-12(14-11(9)17)15-5-3-2-4-6-15/h9H,2-8H2,1H3,(H,13,14,17)/t9-/m0/s1. The quantitative estimate of drug-likeness (QED) is 0.710. The number of amides is 1. The van der Waals surface area contributed by atoms with E-state index in [1.54, 1.807) is 0 Å². The molecule has 0 saturated carbocycles. The molecular formula is C12H19N3O3. The molecule has 1 fully saturated rings. The maximum atomic E-state index is 11.9. The van der Waals surface area contributed by atoms with Crippen molar-refractivity contribution in [2.45, 2.75) is 25.7 Å². The van der Waals surface area contributed by atoms with Gasteiger partial charge in [-0.3, -0.25) is 19.9 Å². The number of likely N-dealkylation sites (tertiary alicyclic amines) is 1. The van der Waals surface area contributed by atoms with Crippen LogP contribution in [0.3, 0.4) is 0 Å². The van der Waals surface area contributed by atoms with E-state index in [-0.39, 0.29) is 18.3 Å². The fraction of sp³-hybridized carbons (Fsp3) is 0.750. The molecule has 100 valence electrons. The van der Waals surface area contributed by atoms with Gasteiger partial charge in [-0.15, -0.1) is 0 Å². The first kappa shape index (κ1) is 12.9. The Balaban J connectivity index is 1.93. The van der Waals surface area contributed by atoms with Crippen molar-refractivity contribution >= 4 is 17.8 Å². The Kier molecular flexibility index (Phi) is 4.17. The van der Waals surface area contributed by atoms with Crippen LogP contribution in [0.25, 0.3) is 0 Å². The second-order valence-corrected chi connectivity index (χ2v) is 4.68. The van der Waals surface area contributed by atoms with Gasteiger partial charge in [-0.05, 0) is 19.3 Å². The van der Waals surface area contributed by atoms with Crippen LogP contribution < -0.4 is 5.32 Å². The van der Waals surface area contributed by atoms with E-state index in [1.807, 2.05) is 0 Å². The molecule has 0 spiro atoms. The van der Waals surface area contributed by atoms with E-state index in [9.17, 15) is 9.59 Å². The minimum atomic E-state index is -0.397. The zero-order valence-corrected chi connectivity index (χ0v) is 10.6. The number of aliphatic imine (C=N–C) groups is 1. The molecular weight excluding hydrogens is 234 g/mol. The van der Waals surface area contributed by atoms with E-state index < -0.39 is 5.92 Å². The molecule has 0 bridgehead atoms. The van der Waals surface area contributed by atoms with Crippen molar-refractivity contribution in [3.05, 3.63) is 0 Å². The van der Waals surface area contributed by atoms with Crippen molar-refractivity contribution in [3.8, 4) is 0 Å². The van der Waals surface area contributed by atoms with Gasteiger partial charge in [0.15, 0.2) is 0 Å². The minimum absolute atomic E-state index is 0.0963. The zero-order valence-electron chi connectivity index (χ0n) is 10.6. The van der Waals surface area contributed by atoms with Crippen LogP contribution in [-0.4, -0.2) is 49.5 Å². The molecule has 2 aliphatic heterocycles. The fourth-order valence-corrected chi connectivity index (χ4v) is 2.26. The second-order valence-electron chi connectivity index (χ2n) is 4.68. The smallest absolute Gasteiger partial charge is 0.306 e. The van der Waals surface area contributed by atoms with Gasteiger partial charge in [0.25, 0.3) is 0 Å². The predicted octanol–water partition coefficient (Wildman–Crippen LogP) is 0.137. The molecule has 0 aromatic carbocycles. The lowest BCUT2D eigenvalue weighted by Crippen LogP contribution is -2.51. The van der Waals surface area contributed by atoms with Crippen LogP contribution in [0.2, 0.25) is 0 Å². The molecule has 0 aliphatic carbocycles. The number of ether oxygens (including phenoxy) is 1. The van der Waals surface area contributed by atoms with E-state index in [2.05, 4.69) is 19.9 Å². The van der Waals surface area contributed by atoms with Gasteiger partial charge >= 0.3 is 5.97 Å². The van der Waals surface area contributed by atoms with E-state index in [1.165, 1.54) is 13.5 Å². The summed E-state index contributed by atoms with van der Waals surface area (Å²) in [6, 6.07) is 0. The number of carbonyl (C=O) groups excluding carboxylic acids is 2.